The maximum atomic E-state index is 12.2. The number of Topliss-reactive ketones (excluding diaryl/α,β-unsaturated/α-hetero) is 1. The number of hydrogen-bond donors (Lipinski definition) is 1. The molecule has 0 heterocycles. The summed E-state index contributed by atoms with van der Waals surface area (Å²) in [5.41, 5.74) is 0.325. The lowest BCUT2D eigenvalue weighted by Gasteiger charge is -2.25. The molecule has 0 spiro atoms. The molecule has 1 N–H and O–H groups in total. The number of ketones is 1. The van der Waals surface area contributed by atoms with Gasteiger partial charge in [-0.25, -0.2) is 4.79 Å². The molecular weight excluding hydrogens is 386 g/mol. The normalized spacial score (nSPS) is 16.5. The average Bonchev–Trinajstić information content (AvgIpc) is 2.73. The van der Waals surface area contributed by atoms with Crippen LogP contribution in [-0.4, -0.2) is 55.7 Å². The van der Waals surface area contributed by atoms with Crippen LogP contribution >= 0.6 is 0 Å². The molecule has 1 aliphatic rings. The molecule has 30 heavy (non-hydrogen) atoms. The Balaban J connectivity index is 2.02. The molecule has 0 aromatic carbocycles. The molecule has 1 saturated carbocycles. The third-order valence-corrected chi connectivity index (χ3v) is 5.19. The Kier molecular flexibility index (Phi) is 13.3. The van der Waals surface area contributed by atoms with Crippen LogP contribution in [0.1, 0.15) is 78.6 Å². The maximum absolute atomic E-state index is 12.2. The van der Waals surface area contributed by atoms with Gasteiger partial charge in [0.2, 0.25) is 5.91 Å². The van der Waals surface area contributed by atoms with E-state index in [0.717, 1.165) is 32.1 Å². The minimum absolute atomic E-state index is 0.0983. The fourth-order valence-electron chi connectivity index (χ4n) is 3.27. The summed E-state index contributed by atoms with van der Waals surface area (Å²) in [6, 6.07) is 0. The van der Waals surface area contributed by atoms with Gasteiger partial charge in [-0.1, -0.05) is 32.3 Å². The van der Waals surface area contributed by atoms with E-state index < -0.39 is 12.1 Å². The number of esters is 1. The Bertz CT molecular complexity index is 556. The average molecular weight is 426 g/mol. The third-order valence-electron chi connectivity index (χ3n) is 5.19. The molecule has 172 valence electrons. The molecule has 1 amide bonds. The van der Waals surface area contributed by atoms with E-state index in [1.165, 1.54) is 19.3 Å². The SMILES string of the molecule is C=C(C)C(=O)OCCNC(=O)C(C)OCCCCCC(=O)C(C)OC1CCCCC1. The molecule has 0 aromatic heterocycles. The summed E-state index contributed by atoms with van der Waals surface area (Å²) in [7, 11) is 0. The zero-order chi connectivity index (χ0) is 22.4. The Hall–Kier alpha value is -1.73. The Morgan fingerprint density at radius 2 is 1.70 bits per heavy atom. The van der Waals surface area contributed by atoms with Gasteiger partial charge in [-0.3, -0.25) is 9.59 Å². The van der Waals surface area contributed by atoms with Gasteiger partial charge in [0.15, 0.2) is 5.78 Å². The van der Waals surface area contributed by atoms with E-state index in [1.807, 2.05) is 6.92 Å². The van der Waals surface area contributed by atoms with Crippen molar-refractivity contribution in [1.82, 2.24) is 5.32 Å². The van der Waals surface area contributed by atoms with Crippen LogP contribution in [0.2, 0.25) is 0 Å². The quantitative estimate of drug-likeness (QED) is 0.245. The van der Waals surface area contributed by atoms with Crippen LogP contribution in [0, 0.1) is 0 Å². The van der Waals surface area contributed by atoms with Gasteiger partial charge in [-0.15, -0.1) is 0 Å². The lowest BCUT2D eigenvalue weighted by atomic mass is 9.97. The number of unbranched alkanes of at least 4 members (excludes halogenated alkanes) is 2. The first kappa shape index (κ1) is 26.3. The zero-order valence-corrected chi connectivity index (χ0v) is 18.9. The van der Waals surface area contributed by atoms with Crippen molar-refractivity contribution in [2.45, 2.75) is 96.9 Å². The lowest BCUT2D eigenvalue weighted by Crippen LogP contribution is -2.36. The van der Waals surface area contributed by atoms with Crippen molar-refractivity contribution < 1.29 is 28.6 Å². The molecule has 2 unspecified atom stereocenters. The molecule has 0 saturated heterocycles. The van der Waals surface area contributed by atoms with E-state index >= 15 is 0 Å². The standard InChI is InChI=1S/C23H39NO6/c1-17(2)23(27)29-16-14-24-22(26)19(4)28-15-10-6-9-13-21(25)18(3)30-20-11-7-5-8-12-20/h18-20H,1,5-16H2,2-4H3,(H,24,26). The van der Waals surface area contributed by atoms with Crippen LogP contribution < -0.4 is 5.32 Å². The van der Waals surface area contributed by atoms with Crippen LogP contribution in [-0.2, 0) is 28.6 Å². The van der Waals surface area contributed by atoms with Gasteiger partial charge in [0.05, 0.1) is 12.6 Å². The highest BCUT2D eigenvalue weighted by molar-refractivity contribution is 5.87. The van der Waals surface area contributed by atoms with Crippen molar-refractivity contribution in [2.24, 2.45) is 0 Å². The Labute approximate surface area is 180 Å². The van der Waals surface area contributed by atoms with Crippen molar-refractivity contribution in [2.75, 3.05) is 19.8 Å². The van der Waals surface area contributed by atoms with E-state index in [1.54, 1.807) is 13.8 Å². The Morgan fingerprint density at radius 1 is 1.00 bits per heavy atom. The number of ether oxygens (including phenoxy) is 3. The second-order valence-electron chi connectivity index (χ2n) is 8.04. The highest BCUT2D eigenvalue weighted by atomic mass is 16.5. The van der Waals surface area contributed by atoms with Gasteiger partial charge >= 0.3 is 5.97 Å². The molecule has 2 atom stereocenters. The van der Waals surface area contributed by atoms with Crippen LogP contribution in [0.5, 0.6) is 0 Å². The number of carbonyl (C=O) groups is 3. The molecular formula is C23H39NO6. The molecule has 0 aliphatic heterocycles. The van der Waals surface area contributed by atoms with Gasteiger partial charge in [0.1, 0.15) is 18.8 Å². The van der Waals surface area contributed by atoms with E-state index in [0.29, 0.717) is 18.6 Å². The zero-order valence-electron chi connectivity index (χ0n) is 18.9. The van der Waals surface area contributed by atoms with Crippen LogP contribution in [0.15, 0.2) is 12.2 Å². The number of nitrogens with one attached hydrogen (secondary N) is 1. The van der Waals surface area contributed by atoms with E-state index in [2.05, 4.69) is 11.9 Å². The lowest BCUT2D eigenvalue weighted by molar-refractivity contribution is -0.140. The largest absolute Gasteiger partial charge is 0.460 e. The van der Waals surface area contributed by atoms with Crippen molar-refractivity contribution in [3.63, 3.8) is 0 Å². The second-order valence-corrected chi connectivity index (χ2v) is 8.04. The molecule has 0 aromatic rings. The van der Waals surface area contributed by atoms with E-state index in [-0.39, 0.29) is 37.0 Å². The van der Waals surface area contributed by atoms with Gasteiger partial charge in [0.25, 0.3) is 0 Å². The van der Waals surface area contributed by atoms with Gasteiger partial charge in [-0.05, 0) is 46.5 Å². The van der Waals surface area contributed by atoms with Crippen molar-refractivity contribution in [3.8, 4) is 0 Å². The minimum Gasteiger partial charge on any atom is -0.460 e. The van der Waals surface area contributed by atoms with Gasteiger partial charge < -0.3 is 19.5 Å². The van der Waals surface area contributed by atoms with Crippen molar-refractivity contribution in [3.05, 3.63) is 12.2 Å². The van der Waals surface area contributed by atoms with Crippen molar-refractivity contribution in [1.29, 1.82) is 0 Å². The fourth-order valence-corrected chi connectivity index (χ4v) is 3.27. The Morgan fingerprint density at radius 3 is 2.37 bits per heavy atom. The van der Waals surface area contributed by atoms with Gasteiger partial charge in [0, 0.05) is 18.6 Å². The van der Waals surface area contributed by atoms with Crippen LogP contribution in [0.3, 0.4) is 0 Å². The topological polar surface area (TPSA) is 90.9 Å². The molecule has 1 rings (SSSR count). The minimum atomic E-state index is -0.576. The maximum Gasteiger partial charge on any atom is 0.333 e. The van der Waals surface area contributed by atoms with Crippen LogP contribution in [0.4, 0.5) is 0 Å². The summed E-state index contributed by atoms with van der Waals surface area (Å²) < 4.78 is 16.3. The summed E-state index contributed by atoms with van der Waals surface area (Å²) >= 11 is 0. The first-order valence-electron chi connectivity index (χ1n) is 11.2. The van der Waals surface area contributed by atoms with Crippen molar-refractivity contribution >= 4 is 17.7 Å². The number of hydrogen-bond acceptors (Lipinski definition) is 6. The molecule has 0 radical (unpaired) electrons. The first-order valence-corrected chi connectivity index (χ1v) is 11.2. The number of amides is 1. The first-order chi connectivity index (χ1) is 14.3. The smallest absolute Gasteiger partial charge is 0.333 e. The van der Waals surface area contributed by atoms with Crippen LogP contribution in [0.25, 0.3) is 0 Å². The summed E-state index contributed by atoms with van der Waals surface area (Å²) in [5.74, 6) is -0.547. The highest BCUT2D eigenvalue weighted by Crippen LogP contribution is 2.22. The fraction of sp³-hybridized carbons (Fsp3) is 0.783. The van der Waals surface area contributed by atoms with Gasteiger partial charge in [-0.2, -0.15) is 0 Å². The second kappa shape index (κ2) is 15.1. The molecule has 7 heteroatoms. The highest BCUT2D eigenvalue weighted by Gasteiger charge is 2.20. The number of carbonyl (C=O) groups excluding carboxylic acids is 3. The summed E-state index contributed by atoms with van der Waals surface area (Å²) in [5, 5.41) is 2.66. The molecule has 0 bridgehead atoms. The summed E-state index contributed by atoms with van der Waals surface area (Å²) in [6.45, 7) is 9.39. The molecule has 7 nitrogen and oxygen atoms in total. The predicted octanol–water partition coefficient (Wildman–Crippen LogP) is 3.49. The number of rotatable bonds is 15. The predicted molar refractivity (Wildman–Crippen MR) is 115 cm³/mol. The summed E-state index contributed by atoms with van der Waals surface area (Å²) in [4.78, 5) is 35.4. The monoisotopic (exact) mass is 425 g/mol. The van der Waals surface area contributed by atoms with E-state index in [9.17, 15) is 14.4 Å². The molecule has 1 fully saturated rings. The summed E-state index contributed by atoms with van der Waals surface area (Å²) in [6.07, 6.45) is 8.14. The van der Waals surface area contributed by atoms with E-state index in [4.69, 9.17) is 14.2 Å². The third kappa shape index (κ3) is 11.5. The molecule has 1 aliphatic carbocycles.